The van der Waals surface area contributed by atoms with Gasteiger partial charge < -0.3 is 18.9 Å². The molecule has 1 aliphatic heterocycles. The minimum atomic E-state index is -0.598. The molecule has 0 saturated heterocycles. The van der Waals surface area contributed by atoms with Gasteiger partial charge in [0.1, 0.15) is 18.8 Å². The van der Waals surface area contributed by atoms with Crippen LogP contribution >= 0.6 is 0 Å². The summed E-state index contributed by atoms with van der Waals surface area (Å²) in [6.45, 7) is 15.3. The highest BCUT2D eigenvalue weighted by atomic mass is 16.7. The van der Waals surface area contributed by atoms with E-state index in [2.05, 4.69) is 40.7 Å². The van der Waals surface area contributed by atoms with Gasteiger partial charge in [0.05, 0.1) is 6.10 Å². The Hall–Kier alpha value is -1.66. The zero-order valence-corrected chi connectivity index (χ0v) is 27.9. The van der Waals surface area contributed by atoms with Crippen LogP contribution in [0.25, 0.3) is 0 Å². The maximum atomic E-state index is 11.6. The third kappa shape index (κ3) is 6.95. The Morgan fingerprint density at radius 2 is 1.77 bits per heavy atom. The van der Waals surface area contributed by atoms with Gasteiger partial charge in [-0.1, -0.05) is 65.5 Å². The van der Waals surface area contributed by atoms with Crippen molar-refractivity contribution in [2.24, 2.45) is 46.3 Å². The van der Waals surface area contributed by atoms with Gasteiger partial charge in [0.15, 0.2) is 6.29 Å². The van der Waals surface area contributed by atoms with E-state index in [0.717, 1.165) is 54.8 Å². The van der Waals surface area contributed by atoms with Crippen LogP contribution in [0.4, 0.5) is 0 Å². The SMILES string of the molecule is CC(=O)OC[C@H]1OC(O[C@H]2CC[C@@]3(C)C(=CC[C@H]4[C@@H]5CC[C@H]([C@H](C)CCCC(C)C)[C@@]5(C)CC[C@@H]43)C2)C=C[C@@H]1OC(C)=O. The van der Waals surface area contributed by atoms with Crippen molar-refractivity contribution >= 4 is 11.9 Å². The van der Waals surface area contributed by atoms with E-state index in [9.17, 15) is 9.59 Å². The first-order chi connectivity index (χ1) is 20.4. The number of ether oxygens (including phenoxy) is 4. The van der Waals surface area contributed by atoms with Gasteiger partial charge in [-0.25, -0.2) is 0 Å². The summed E-state index contributed by atoms with van der Waals surface area (Å²) in [6.07, 6.45) is 18.7. The lowest BCUT2D eigenvalue weighted by Crippen LogP contribution is -2.51. The van der Waals surface area contributed by atoms with Gasteiger partial charge in [-0.2, -0.15) is 0 Å². The van der Waals surface area contributed by atoms with Crippen molar-refractivity contribution in [1.29, 1.82) is 0 Å². The van der Waals surface area contributed by atoms with Gasteiger partial charge in [-0.3, -0.25) is 9.59 Å². The maximum absolute atomic E-state index is 11.6. The van der Waals surface area contributed by atoms with E-state index in [0.29, 0.717) is 5.41 Å². The number of rotatable bonds is 10. The summed E-state index contributed by atoms with van der Waals surface area (Å²) in [6, 6.07) is 0. The standard InChI is InChI=1S/C37H58O6/c1-23(2)9-8-10-24(3)30-13-14-31-29-12-11-27-21-28(17-19-36(27,6)32(29)18-20-37(30,31)7)42-35-16-15-33(41-26(5)39)34(43-35)22-40-25(4)38/h11,15-16,23-24,28-35H,8-10,12-14,17-22H2,1-7H3/t24-,28+,29+,30-,31+,32+,33+,34-,35?,36+,37-/m1/s1. The molecular formula is C37H58O6. The Morgan fingerprint density at radius 1 is 0.977 bits per heavy atom. The average Bonchev–Trinajstić information content (AvgIpc) is 3.30. The molecule has 6 nitrogen and oxygen atoms in total. The van der Waals surface area contributed by atoms with Crippen molar-refractivity contribution in [3.8, 4) is 0 Å². The first-order valence-corrected chi connectivity index (χ1v) is 17.4. The highest BCUT2D eigenvalue weighted by Gasteiger charge is 2.59. The second-order valence-electron chi connectivity index (χ2n) is 15.6. The zero-order valence-electron chi connectivity index (χ0n) is 27.9. The summed E-state index contributed by atoms with van der Waals surface area (Å²) in [5.41, 5.74) is 2.38. The molecule has 0 bridgehead atoms. The molecule has 0 amide bonds. The molecule has 0 aromatic carbocycles. The summed E-state index contributed by atoms with van der Waals surface area (Å²) < 4.78 is 23.2. The number of allylic oxidation sites excluding steroid dienone is 1. The number of esters is 2. The molecule has 43 heavy (non-hydrogen) atoms. The van der Waals surface area contributed by atoms with E-state index >= 15 is 0 Å². The normalized spacial score (nSPS) is 41.1. The first-order valence-electron chi connectivity index (χ1n) is 17.4. The first kappa shape index (κ1) is 32.7. The van der Waals surface area contributed by atoms with E-state index in [1.807, 2.05) is 6.08 Å². The summed E-state index contributed by atoms with van der Waals surface area (Å²) in [5.74, 6) is 4.24. The molecule has 1 heterocycles. The summed E-state index contributed by atoms with van der Waals surface area (Å²) in [4.78, 5) is 23.0. The lowest BCUT2D eigenvalue weighted by Gasteiger charge is -2.58. The van der Waals surface area contributed by atoms with Crippen LogP contribution < -0.4 is 0 Å². The van der Waals surface area contributed by atoms with Crippen molar-refractivity contribution in [3.05, 3.63) is 23.8 Å². The number of fused-ring (bicyclic) bond motifs is 5. The van der Waals surface area contributed by atoms with E-state index < -0.39 is 30.4 Å². The van der Waals surface area contributed by atoms with Crippen molar-refractivity contribution < 1.29 is 28.5 Å². The van der Waals surface area contributed by atoms with Crippen LogP contribution in [-0.2, 0) is 28.5 Å². The summed E-state index contributed by atoms with van der Waals surface area (Å²) in [5, 5.41) is 0. The highest BCUT2D eigenvalue weighted by Crippen LogP contribution is 2.67. The number of hydrogen-bond acceptors (Lipinski definition) is 6. The summed E-state index contributed by atoms with van der Waals surface area (Å²) in [7, 11) is 0. The quantitative estimate of drug-likeness (QED) is 0.187. The highest BCUT2D eigenvalue weighted by molar-refractivity contribution is 5.66. The van der Waals surface area contributed by atoms with Gasteiger partial charge in [-0.05, 0) is 110 Å². The number of carbonyl (C=O) groups excluding carboxylic acids is 2. The predicted octanol–water partition coefficient (Wildman–Crippen LogP) is 8.19. The Bertz CT molecular complexity index is 1060. The molecule has 0 aromatic rings. The maximum Gasteiger partial charge on any atom is 0.303 e. The lowest BCUT2D eigenvalue weighted by molar-refractivity contribution is -0.213. The van der Waals surface area contributed by atoms with Gasteiger partial charge in [0.2, 0.25) is 0 Å². The van der Waals surface area contributed by atoms with Crippen LogP contribution in [0.2, 0.25) is 0 Å². The monoisotopic (exact) mass is 598 g/mol. The van der Waals surface area contributed by atoms with Crippen LogP contribution in [0.3, 0.4) is 0 Å². The minimum Gasteiger partial charge on any atom is -0.463 e. The largest absolute Gasteiger partial charge is 0.463 e. The van der Waals surface area contributed by atoms with Crippen LogP contribution in [0.1, 0.15) is 119 Å². The molecule has 3 fully saturated rings. The second-order valence-corrected chi connectivity index (χ2v) is 15.6. The van der Waals surface area contributed by atoms with Crippen LogP contribution in [0.5, 0.6) is 0 Å². The molecule has 242 valence electrons. The molecule has 3 saturated carbocycles. The average molecular weight is 599 g/mol. The Balaban J connectivity index is 1.21. The molecule has 0 aromatic heterocycles. The zero-order chi connectivity index (χ0) is 30.9. The van der Waals surface area contributed by atoms with E-state index in [1.165, 1.54) is 65.2 Å². The number of carbonyl (C=O) groups is 2. The topological polar surface area (TPSA) is 71.1 Å². The lowest BCUT2D eigenvalue weighted by atomic mass is 9.47. The van der Waals surface area contributed by atoms with Crippen LogP contribution in [0.15, 0.2) is 23.8 Å². The van der Waals surface area contributed by atoms with Crippen molar-refractivity contribution in [2.45, 2.75) is 144 Å². The molecule has 6 heteroatoms. The fraction of sp³-hybridized carbons (Fsp3) is 0.838. The van der Waals surface area contributed by atoms with Crippen LogP contribution in [0, 0.1) is 46.3 Å². The second kappa shape index (κ2) is 13.4. The van der Waals surface area contributed by atoms with E-state index in [1.54, 1.807) is 11.6 Å². The molecule has 5 aliphatic rings. The molecule has 0 radical (unpaired) electrons. The summed E-state index contributed by atoms with van der Waals surface area (Å²) >= 11 is 0. The van der Waals surface area contributed by atoms with E-state index in [4.69, 9.17) is 18.9 Å². The van der Waals surface area contributed by atoms with Crippen molar-refractivity contribution in [1.82, 2.24) is 0 Å². The van der Waals surface area contributed by atoms with E-state index in [-0.39, 0.29) is 18.1 Å². The fourth-order valence-corrected chi connectivity index (χ4v) is 10.3. The third-order valence-electron chi connectivity index (χ3n) is 12.5. The Kier molecular flexibility index (Phi) is 10.2. The molecule has 1 unspecified atom stereocenters. The third-order valence-corrected chi connectivity index (χ3v) is 12.5. The Labute approximate surface area is 260 Å². The molecule has 0 N–H and O–H groups in total. The smallest absolute Gasteiger partial charge is 0.303 e. The van der Waals surface area contributed by atoms with Crippen LogP contribution in [-0.4, -0.2) is 43.1 Å². The molecular weight excluding hydrogens is 540 g/mol. The predicted molar refractivity (Wildman–Crippen MR) is 168 cm³/mol. The van der Waals surface area contributed by atoms with Gasteiger partial charge in [-0.15, -0.1) is 0 Å². The Morgan fingerprint density at radius 3 is 2.49 bits per heavy atom. The van der Waals surface area contributed by atoms with Gasteiger partial charge >= 0.3 is 11.9 Å². The molecule has 11 atom stereocenters. The van der Waals surface area contributed by atoms with Crippen molar-refractivity contribution in [3.63, 3.8) is 0 Å². The van der Waals surface area contributed by atoms with Crippen molar-refractivity contribution in [2.75, 3.05) is 6.61 Å². The van der Waals surface area contributed by atoms with Gasteiger partial charge in [0, 0.05) is 13.8 Å². The van der Waals surface area contributed by atoms with Gasteiger partial charge in [0.25, 0.3) is 0 Å². The fourth-order valence-electron chi connectivity index (χ4n) is 10.3. The minimum absolute atomic E-state index is 0.0199. The molecule has 4 aliphatic carbocycles. The molecule has 5 rings (SSSR count). The number of hydrogen-bond donors (Lipinski definition) is 0. The molecule has 0 spiro atoms.